The van der Waals surface area contributed by atoms with Crippen molar-refractivity contribution in [3.05, 3.63) is 47.8 Å². The molecular formula is C16H22FN3O. The van der Waals surface area contributed by atoms with Gasteiger partial charge in [0.15, 0.2) is 0 Å². The van der Waals surface area contributed by atoms with Crippen LogP contribution in [0, 0.1) is 5.82 Å². The van der Waals surface area contributed by atoms with Gasteiger partial charge in [0.25, 0.3) is 0 Å². The number of aromatic nitrogens is 3. The molecule has 0 radical (unpaired) electrons. The number of hydrogen-bond donors (Lipinski definition) is 1. The molecule has 0 saturated heterocycles. The second kappa shape index (κ2) is 6.35. The second-order valence-corrected chi connectivity index (χ2v) is 5.57. The Labute approximate surface area is 124 Å². The predicted molar refractivity (Wildman–Crippen MR) is 79.3 cm³/mol. The summed E-state index contributed by atoms with van der Waals surface area (Å²) in [5.41, 5.74) is 0.0832. The van der Waals surface area contributed by atoms with E-state index in [1.54, 1.807) is 6.92 Å². The van der Waals surface area contributed by atoms with E-state index in [4.69, 9.17) is 0 Å². The molecule has 4 nitrogen and oxygen atoms in total. The highest BCUT2D eigenvalue weighted by molar-refractivity contribution is 5.16. The molecule has 0 aliphatic heterocycles. The quantitative estimate of drug-likeness (QED) is 0.889. The van der Waals surface area contributed by atoms with Gasteiger partial charge in [-0.1, -0.05) is 13.8 Å². The molecule has 2 aromatic heterocycles. The minimum Gasteiger partial charge on any atom is -0.383 e. The topological polar surface area (TPSA) is 50.9 Å². The number of nitrogens with zero attached hydrogens (tertiary/aromatic N) is 3. The number of aliphatic hydroxyl groups is 1. The highest BCUT2D eigenvalue weighted by Gasteiger charge is 2.26. The monoisotopic (exact) mass is 291 g/mol. The molecule has 0 amide bonds. The van der Waals surface area contributed by atoms with Crippen LogP contribution >= 0.6 is 0 Å². The van der Waals surface area contributed by atoms with Gasteiger partial charge in [-0.2, -0.15) is 5.10 Å². The molecule has 21 heavy (non-hydrogen) atoms. The van der Waals surface area contributed by atoms with Gasteiger partial charge in [-0.25, -0.2) is 4.39 Å². The Morgan fingerprint density at radius 2 is 2.00 bits per heavy atom. The lowest BCUT2D eigenvalue weighted by Crippen LogP contribution is -2.26. The Kier molecular flexibility index (Phi) is 4.73. The molecule has 0 aliphatic rings. The predicted octanol–water partition coefficient (Wildman–Crippen LogP) is 3.23. The lowest BCUT2D eigenvalue weighted by atomic mass is 9.96. The average Bonchev–Trinajstić information content (AvgIpc) is 2.88. The zero-order valence-corrected chi connectivity index (χ0v) is 12.8. The fraction of sp³-hybridized carbons (Fsp3) is 0.500. The summed E-state index contributed by atoms with van der Waals surface area (Å²) in [4.78, 5) is 3.96. The van der Waals surface area contributed by atoms with Crippen molar-refractivity contribution in [1.82, 2.24) is 14.8 Å². The molecular weight excluding hydrogens is 269 g/mol. The fourth-order valence-corrected chi connectivity index (χ4v) is 2.48. The zero-order chi connectivity index (χ0) is 15.5. The summed E-state index contributed by atoms with van der Waals surface area (Å²) in [6, 6.07) is 5.11. The van der Waals surface area contributed by atoms with Crippen molar-refractivity contribution in [2.24, 2.45) is 0 Å². The molecule has 0 aliphatic carbocycles. The van der Waals surface area contributed by atoms with Gasteiger partial charge < -0.3 is 5.11 Å². The Morgan fingerprint density at radius 3 is 2.57 bits per heavy atom. The van der Waals surface area contributed by atoms with Gasteiger partial charge in [0, 0.05) is 12.6 Å². The molecule has 0 spiro atoms. The van der Waals surface area contributed by atoms with Crippen LogP contribution in [0.3, 0.4) is 0 Å². The minimum atomic E-state index is -1.17. The van der Waals surface area contributed by atoms with Crippen molar-refractivity contribution in [3.63, 3.8) is 0 Å². The van der Waals surface area contributed by atoms with Crippen LogP contribution in [0.2, 0.25) is 0 Å². The zero-order valence-electron chi connectivity index (χ0n) is 12.8. The average molecular weight is 291 g/mol. The largest absolute Gasteiger partial charge is 0.383 e. The maximum Gasteiger partial charge on any atom is 0.141 e. The summed E-state index contributed by atoms with van der Waals surface area (Å²) in [6.07, 6.45) is 5.45. The first-order chi connectivity index (χ1) is 9.96. The van der Waals surface area contributed by atoms with Crippen LogP contribution < -0.4 is 0 Å². The van der Waals surface area contributed by atoms with E-state index >= 15 is 0 Å². The van der Waals surface area contributed by atoms with Crippen molar-refractivity contribution in [2.45, 2.75) is 51.7 Å². The number of hydrogen-bond acceptors (Lipinski definition) is 3. The smallest absolute Gasteiger partial charge is 0.141 e. The molecule has 0 saturated carbocycles. The highest BCUT2D eigenvalue weighted by Crippen LogP contribution is 2.24. The minimum absolute atomic E-state index is 0.346. The number of pyridine rings is 1. The van der Waals surface area contributed by atoms with Crippen LogP contribution in [-0.2, 0) is 12.0 Å². The van der Waals surface area contributed by atoms with E-state index in [9.17, 15) is 9.50 Å². The first-order valence-electron chi connectivity index (χ1n) is 7.34. The molecule has 0 fully saturated rings. The Balaban J connectivity index is 2.15. The standard InChI is InChI=1S/C16H22FN3O/c1-4-14(5-2)20-9-8-13(19-20)10-16(3,21)15-7-6-12(17)11-18-15/h6-9,11,14,21H,4-5,10H2,1-3H3. The van der Waals surface area contributed by atoms with Crippen molar-refractivity contribution in [1.29, 1.82) is 0 Å². The van der Waals surface area contributed by atoms with Crippen molar-refractivity contribution < 1.29 is 9.50 Å². The number of halogens is 1. The normalized spacial score (nSPS) is 14.4. The molecule has 1 unspecified atom stereocenters. The summed E-state index contributed by atoms with van der Waals surface area (Å²) in [7, 11) is 0. The van der Waals surface area contributed by atoms with E-state index in [0.717, 1.165) is 24.7 Å². The van der Waals surface area contributed by atoms with E-state index in [0.29, 0.717) is 18.2 Å². The summed E-state index contributed by atoms with van der Waals surface area (Å²) >= 11 is 0. The van der Waals surface area contributed by atoms with Gasteiger partial charge in [-0.3, -0.25) is 9.67 Å². The first-order valence-corrected chi connectivity index (χ1v) is 7.34. The van der Waals surface area contributed by atoms with Crippen LogP contribution in [0.1, 0.15) is 51.0 Å². The molecule has 1 atom stereocenters. The van der Waals surface area contributed by atoms with E-state index in [1.165, 1.54) is 12.1 Å². The SMILES string of the molecule is CCC(CC)n1ccc(CC(C)(O)c2ccc(F)cn2)n1. The third-order valence-corrected chi connectivity index (χ3v) is 3.78. The van der Waals surface area contributed by atoms with E-state index in [1.807, 2.05) is 16.9 Å². The lowest BCUT2D eigenvalue weighted by Gasteiger charge is -2.21. The van der Waals surface area contributed by atoms with Crippen LogP contribution in [-0.4, -0.2) is 19.9 Å². The van der Waals surface area contributed by atoms with Gasteiger partial charge in [0.2, 0.25) is 0 Å². The third-order valence-electron chi connectivity index (χ3n) is 3.78. The molecule has 0 bridgehead atoms. The summed E-state index contributed by atoms with van der Waals surface area (Å²) < 4.78 is 14.9. The van der Waals surface area contributed by atoms with Gasteiger partial charge in [0.05, 0.1) is 23.6 Å². The van der Waals surface area contributed by atoms with Gasteiger partial charge in [-0.15, -0.1) is 0 Å². The summed E-state index contributed by atoms with van der Waals surface area (Å²) in [5, 5.41) is 15.1. The summed E-state index contributed by atoms with van der Waals surface area (Å²) in [6.45, 7) is 5.94. The lowest BCUT2D eigenvalue weighted by molar-refractivity contribution is 0.0516. The molecule has 2 aromatic rings. The number of rotatable bonds is 6. The van der Waals surface area contributed by atoms with Crippen LogP contribution in [0.15, 0.2) is 30.6 Å². The van der Waals surface area contributed by atoms with Crippen LogP contribution in [0.25, 0.3) is 0 Å². The maximum absolute atomic E-state index is 12.9. The first kappa shape index (κ1) is 15.6. The van der Waals surface area contributed by atoms with Crippen molar-refractivity contribution in [2.75, 3.05) is 0 Å². The molecule has 1 N–H and O–H groups in total. The Bertz CT molecular complexity index is 573. The van der Waals surface area contributed by atoms with E-state index < -0.39 is 11.4 Å². The Hall–Kier alpha value is -1.75. The fourth-order valence-electron chi connectivity index (χ4n) is 2.48. The van der Waals surface area contributed by atoms with Gasteiger partial charge in [-0.05, 0) is 38.0 Å². The second-order valence-electron chi connectivity index (χ2n) is 5.57. The van der Waals surface area contributed by atoms with E-state index in [-0.39, 0.29) is 0 Å². The molecule has 0 aromatic carbocycles. The Morgan fingerprint density at radius 1 is 1.29 bits per heavy atom. The van der Waals surface area contributed by atoms with Gasteiger partial charge >= 0.3 is 0 Å². The van der Waals surface area contributed by atoms with Crippen molar-refractivity contribution in [3.8, 4) is 0 Å². The maximum atomic E-state index is 12.9. The molecule has 2 heterocycles. The summed E-state index contributed by atoms with van der Waals surface area (Å²) in [5.74, 6) is -0.410. The molecule has 2 rings (SSSR count). The van der Waals surface area contributed by atoms with Crippen molar-refractivity contribution >= 4 is 0 Å². The van der Waals surface area contributed by atoms with Gasteiger partial charge in [0.1, 0.15) is 11.4 Å². The van der Waals surface area contributed by atoms with E-state index in [2.05, 4.69) is 23.9 Å². The van der Waals surface area contributed by atoms with Crippen LogP contribution in [0.4, 0.5) is 4.39 Å². The third kappa shape index (κ3) is 3.67. The van der Waals surface area contributed by atoms with Crippen LogP contribution in [0.5, 0.6) is 0 Å². The molecule has 5 heteroatoms. The molecule has 114 valence electrons. The highest BCUT2D eigenvalue weighted by atomic mass is 19.1.